The van der Waals surface area contributed by atoms with Crippen molar-refractivity contribution in [2.75, 3.05) is 62.4 Å². The predicted octanol–water partition coefficient (Wildman–Crippen LogP) is 5.33. The van der Waals surface area contributed by atoms with Crippen LogP contribution in [0.15, 0.2) is 42.7 Å². The molecular weight excluding hydrogens is 706 g/mol. The number of anilines is 4. The first-order valence-electron chi connectivity index (χ1n) is 19.2. The Hall–Kier alpha value is -4.20. The number of amides is 3. The van der Waals surface area contributed by atoms with Crippen molar-refractivity contribution >= 4 is 63.9 Å². The first kappa shape index (κ1) is 41.0. The highest BCUT2D eigenvalue weighted by Crippen LogP contribution is 2.35. The minimum absolute atomic E-state index is 0. The van der Waals surface area contributed by atoms with Gasteiger partial charge < -0.3 is 40.7 Å². The maximum absolute atomic E-state index is 14.0. The summed E-state index contributed by atoms with van der Waals surface area (Å²) in [5.74, 6) is 0.178. The highest BCUT2D eigenvalue weighted by Gasteiger charge is 2.42. The third-order valence-electron chi connectivity index (χ3n) is 11.1. The molecule has 4 heterocycles. The zero-order valence-corrected chi connectivity index (χ0v) is 33.4. The highest BCUT2D eigenvalue weighted by atomic mass is 35.5. The van der Waals surface area contributed by atoms with Gasteiger partial charge in [-0.1, -0.05) is 27.2 Å². The summed E-state index contributed by atoms with van der Waals surface area (Å²) in [5.41, 5.74) is 2.65. The average Bonchev–Trinajstić information content (AvgIpc) is 3.67. The molecule has 1 aromatic heterocycles. The Balaban J connectivity index is 0.00000561. The quantitative estimate of drug-likeness (QED) is 0.203. The lowest BCUT2D eigenvalue weighted by Crippen LogP contribution is -2.59. The number of nitrogens with one attached hydrogen (secondary N) is 4. The standard InChI is InChI=1S/C40H57N9O4.ClH/c1-26(41-5)37(50)46-35(40(2,3)4)39(52)49-20-10-11-33(49)38(51)45-32-23-30-31(24-34(32)53-6)42-25-43-36(30)44-27-12-14-28(15-13-27)48-21-16-29(17-22-48)47-18-8-7-9-19-47;/h12-15,23-26,29,33,35,41H,7-11,16-22H2,1-6H3,(H,45,51)(H,46,50)(H,42,43,44);1H/t26-,33?,35+;/m0./s1. The molecule has 1 unspecified atom stereocenters. The van der Waals surface area contributed by atoms with E-state index in [0.717, 1.165) is 18.8 Å². The van der Waals surface area contributed by atoms with E-state index in [0.29, 0.717) is 53.6 Å². The third kappa shape index (κ3) is 9.35. The van der Waals surface area contributed by atoms with E-state index in [1.54, 1.807) is 32.0 Å². The molecule has 0 saturated carbocycles. The van der Waals surface area contributed by atoms with Crippen LogP contribution in [0.2, 0.25) is 0 Å². The van der Waals surface area contributed by atoms with Crippen LogP contribution in [0.25, 0.3) is 10.9 Å². The van der Waals surface area contributed by atoms with E-state index in [4.69, 9.17) is 4.74 Å². The Morgan fingerprint density at radius 1 is 0.907 bits per heavy atom. The molecule has 3 fully saturated rings. The van der Waals surface area contributed by atoms with Crippen LogP contribution in [0.1, 0.15) is 72.6 Å². The SMILES string of the molecule is CN[C@@H](C)C(=O)N[C@H](C(=O)N1CCCC1C(=O)Nc1cc2c(Nc3ccc(N4CCC(N5CCCCC5)CC4)cc3)ncnc2cc1OC)C(C)(C)C.Cl. The molecule has 0 radical (unpaired) electrons. The lowest BCUT2D eigenvalue weighted by atomic mass is 9.85. The van der Waals surface area contributed by atoms with Gasteiger partial charge in [0.2, 0.25) is 17.7 Å². The summed E-state index contributed by atoms with van der Waals surface area (Å²) in [6.07, 6.45) is 9.13. The zero-order valence-electron chi connectivity index (χ0n) is 32.6. The molecular formula is C40H58ClN9O4. The lowest BCUT2D eigenvalue weighted by Gasteiger charge is -2.41. The van der Waals surface area contributed by atoms with E-state index in [1.165, 1.54) is 57.2 Å². The van der Waals surface area contributed by atoms with Crippen molar-refractivity contribution in [3.63, 3.8) is 0 Å². The molecule has 4 N–H and O–H groups in total. The molecule has 3 aromatic rings. The first-order valence-corrected chi connectivity index (χ1v) is 19.2. The number of aromatic nitrogens is 2. The van der Waals surface area contributed by atoms with E-state index >= 15 is 0 Å². The van der Waals surface area contributed by atoms with Gasteiger partial charge in [0.15, 0.2) is 0 Å². The number of hydrogen-bond acceptors (Lipinski definition) is 10. The second kappa shape index (κ2) is 18.0. The summed E-state index contributed by atoms with van der Waals surface area (Å²) in [5, 5.41) is 13.0. The Morgan fingerprint density at radius 2 is 1.61 bits per heavy atom. The maximum atomic E-state index is 14.0. The van der Waals surface area contributed by atoms with Crippen LogP contribution in [0, 0.1) is 5.41 Å². The van der Waals surface area contributed by atoms with Crippen molar-refractivity contribution in [1.82, 2.24) is 30.4 Å². The number of nitrogens with zero attached hydrogens (tertiary/aromatic N) is 5. The minimum Gasteiger partial charge on any atom is -0.494 e. The van der Waals surface area contributed by atoms with Crippen LogP contribution >= 0.6 is 12.4 Å². The molecule has 0 spiro atoms. The third-order valence-corrected chi connectivity index (χ3v) is 11.1. The number of carbonyl (C=O) groups excluding carboxylic acids is 3. The topological polar surface area (TPSA) is 144 Å². The predicted molar refractivity (Wildman–Crippen MR) is 217 cm³/mol. The van der Waals surface area contributed by atoms with Gasteiger partial charge in [-0.05, 0) is 101 Å². The molecule has 3 aliphatic heterocycles. The fourth-order valence-electron chi connectivity index (χ4n) is 7.85. The molecule has 13 nitrogen and oxygen atoms in total. The van der Waals surface area contributed by atoms with Gasteiger partial charge in [-0.2, -0.15) is 0 Å². The molecule has 3 amide bonds. The van der Waals surface area contributed by atoms with Crippen molar-refractivity contribution in [3.05, 3.63) is 42.7 Å². The fourth-order valence-corrected chi connectivity index (χ4v) is 7.85. The first-order chi connectivity index (χ1) is 25.5. The van der Waals surface area contributed by atoms with Gasteiger partial charge in [0.05, 0.1) is 24.4 Å². The van der Waals surface area contributed by atoms with Gasteiger partial charge in [-0.25, -0.2) is 9.97 Å². The number of methoxy groups -OCH3 is 1. The van der Waals surface area contributed by atoms with Gasteiger partial charge in [-0.15, -0.1) is 12.4 Å². The number of rotatable bonds is 11. The van der Waals surface area contributed by atoms with E-state index < -0.39 is 23.5 Å². The normalized spacial score (nSPS) is 19.5. The molecule has 3 saturated heterocycles. The van der Waals surface area contributed by atoms with E-state index in [-0.39, 0.29) is 30.1 Å². The van der Waals surface area contributed by atoms with E-state index in [2.05, 4.69) is 65.3 Å². The van der Waals surface area contributed by atoms with Crippen molar-refractivity contribution in [3.8, 4) is 5.75 Å². The Morgan fingerprint density at radius 3 is 2.26 bits per heavy atom. The number of ether oxygens (including phenoxy) is 1. The van der Waals surface area contributed by atoms with Gasteiger partial charge in [0, 0.05) is 48.5 Å². The van der Waals surface area contributed by atoms with Crippen LogP contribution in [0.3, 0.4) is 0 Å². The minimum atomic E-state index is -0.800. The molecule has 0 aliphatic carbocycles. The van der Waals surface area contributed by atoms with Crippen molar-refractivity contribution in [2.24, 2.45) is 5.41 Å². The molecule has 6 rings (SSSR count). The summed E-state index contributed by atoms with van der Waals surface area (Å²) in [6.45, 7) is 12.5. The largest absolute Gasteiger partial charge is 0.494 e. The van der Waals surface area contributed by atoms with Gasteiger partial charge >= 0.3 is 0 Å². The monoisotopic (exact) mass is 763 g/mol. The highest BCUT2D eigenvalue weighted by molar-refractivity contribution is 6.03. The van der Waals surface area contributed by atoms with Crippen LogP contribution in [-0.4, -0.2) is 109 Å². The second-order valence-corrected chi connectivity index (χ2v) is 15.8. The Bertz CT molecular complexity index is 1750. The fraction of sp³-hybridized carbons (Fsp3) is 0.575. The van der Waals surface area contributed by atoms with Gasteiger partial charge in [0.1, 0.15) is 30.0 Å². The number of halogens is 1. The number of likely N-dealkylation sites (N-methyl/N-ethyl adjacent to an activating group) is 1. The smallest absolute Gasteiger partial charge is 0.247 e. The summed E-state index contributed by atoms with van der Waals surface area (Å²) < 4.78 is 5.68. The van der Waals surface area contributed by atoms with E-state index in [1.807, 2.05) is 26.8 Å². The van der Waals surface area contributed by atoms with Crippen LogP contribution in [-0.2, 0) is 14.4 Å². The number of hydrogen-bond donors (Lipinski definition) is 4. The molecule has 3 atom stereocenters. The Kier molecular flexibility index (Phi) is 13.6. The summed E-state index contributed by atoms with van der Waals surface area (Å²) in [6, 6.07) is 10.8. The van der Waals surface area contributed by atoms with Gasteiger partial charge in [-0.3, -0.25) is 14.4 Å². The summed E-state index contributed by atoms with van der Waals surface area (Å²) in [7, 11) is 3.24. The molecule has 0 bridgehead atoms. The summed E-state index contributed by atoms with van der Waals surface area (Å²) >= 11 is 0. The lowest BCUT2D eigenvalue weighted by molar-refractivity contribution is -0.143. The molecule has 3 aliphatic rings. The number of likely N-dealkylation sites (tertiary alicyclic amines) is 2. The number of fused-ring (bicyclic) bond motifs is 1. The molecule has 2 aromatic carbocycles. The maximum Gasteiger partial charge on any atom is 0.247 e. The van der Waals surface area contributed by atoms with Crippen molar-refractivity contribution in [1.29, 1.82) is 0 Å². The summed E-state index contributed by atoms with van der Waals surface area (Å²) in [4.78, 5) is 56.5. The van der Waals surface area contributed by atoms with E-state index in [9.17, 15) is 14.4 Å². The van der Waals surface area contributed by atoms with Crippen LogP contribution in [0.5, 0.6) is 5.75 Å². The number of benzene rings is 2. The Labute approximate surface area is 325 Å². The van der Waals surface area contributed by atoms with Crippen LogP contribution < -0.4 is 30.9 Å². The van der Waals surface area contributed by atoms with Crippen molar-refractivity contribution in [2.45, 2.75) is 96.8 Å². The molecule has 14 heteroatoms. The molecule has 294 valence electrons. The van der Waals surface area contributed by atoms with Gasteiger partial charge in [0.25, 0.3) is 0 Å². The van der Waals surface area contributed by atoms with Crippen LogP contribution in [0.4, 0.5) is 22.9 Å². The second-order valence-electron chi connectivity index (χ2n) is 15.8. The van der Waals surface area contributed by atoms with Crippen molar-refractivity contribution < 1.29 is 19.1 Å². The number of carbonyl (C=O) groups is 3. The average molecular weight is 764 g/mol. The molecule has 54 heavy (non-hydrogen) atoms. The number of piperidine rings is 2. The zero-order chi connectivity index (χ0) is 37.7.